The molecule has 5 nitrogen and oxygen atoms in total. The lowest BCUT2D eigenvalue weighted by Crippen LogP contribution is -2.43. The van der Waals surface area contributed by atoms with Crippen LogP contribution in [0, 0.1) is 11.8 Å². The van der Waals surface area contributed by atoms with Gasteiger partial charge in [-0.1, -0.05) is 11.8 Å². The number of hydrogen-bond donors (Lipinski definition) is 1. The van der Waals surface area contributed by atoms with E-state index in [-0.39, 0.29) is 37.1 Å². The molecule has 1 amide bonds. The maximum atomic E-state index is 12.2. The van der Waals surface area contributed by atoms with Crippen molar-refractivity contribution in [3.05, 3.63) is 21.9 Å². The highest BCUT2D eigenvalue weighted by atomic mass is 32.2. The number of thiophene rings is 1. The van der Waals surface area contributed by atoms with Crippen LogP contribution >= 0.6 is 11.3 Å². The fourth-order valence-electron chi connectivity index (χ4n) is 1.80. The summed E-state index contributed by atoms with van der Waals surface area (Å²) < 4.78 is 22.7. The van der Waals surface area contributed by atoms with Gasteiger partial charge in [-0.15, -0.1) is 11.3 Å². The fourth-order valence-corrected chi connectivity index (χ4v) is 3.85. The molecule has 0 aliphatic carbocycles. The van der Waals surface area contributed by atoms with E-state index in [4.69, 9.17) is 5.11 Å². The zero-order valence-electron chi connectivity index (χ0n) is 10.8. The van der Waals surface area contributed by atoms with Crippen LogP contribution in [0.5, 0.6) is 0 Å². The van der Waals surface area contributed by atoms with Gasteiger partial charge in [0.2, 0.25) is 0 Å². The molecule has 0 saturated carbocycles. The zero-order valence-corrected chi connectivity index (χ0v) is 12.5. The van der Waals surface area contributed by atoms with Gasteiger partial charge >= 0.3 is 0 Å². The molecule has 108 valence electrons. The molecule has 1 fully saturated rings. The lowest BCUT2D eigenvalue weighted by molar-refractivity contribution is 0.0775. The van der Waals surface area contributed by atoms with Crippen LogP contribution in [0.1, 0.15) is 21.0 Å². The molecule has 0 atom stereocenters. The van der Waals surface area contributed by atoms with Crippen molar-refractivity contribution in [3.63, 3.8) is 0 Å². The maximum Gasteiger partial charge on any atom is 0.264 e. The molecule has 7 heteroatoms. The minimum absolute atomic E-state index is 0.0203. The third kappa shape index (κ3) is 3.82. The van der Waals surface area contributed by atoms with Crippen LogP contribution in [-0.4, -0.2) is 55.5 Å². The smallest absolute Gasteiger partial charge is 0.264 e. The molecule has 0 bridgehead atoms. The summed E-state index contributed by atoms with van der Waals surface area (Å²) in [5, 5.41) is 8.64. The van der Waals surface area contributed by atoms with Gasteiger partial charge in [0, 0.05) is 19.5 Å². The first-order valence-electron chi connectivity index (χ1n) is 6.21. The summed E-state index contributed by atoms with van der Waals surface area (Å²) in [6, 6.07) is 3.47. The Morgan fingerprint density at radius 2 is 2.05 bits per heavy atom. The Hall–Kier alpha value is -1.36. The van der Waals surface area contributed by atoms with Gasteiger partial charge in [0.1, 0.15) is 0 Å². The third-order valence-electron chi connectivity index (χ3n) is 2.90. The van der Waals surface area contributed by atoms with Crippen LogP contribution in [0.15, 0.2) is 12.1 Å². The number of hydrogen-bond acceptors (Lipinski definition) is 5. The highest BCUT2D eigenvalue weighted by Crippen LogP contribution is 2.18. The van der Waals surface area contributed by atoms with Crippen LogP contribution in [-0.2, 0) is 9.84 Å². The second-order valence-corrected chi connectivity index (χ2v) is 7.77. The van der Waals surface area contributed by atoms with Gasteiger partial charge in [-0.3, -0.25) is 4.79 Å². The van der Waals surface area contributed by atoms with Crippen molar-refractivity contribution < 1.29 is 18.3 Å². The third-order valence-corrected chi connectivity index (χ3v) is 5.49. The van der Waals surface area contributed by atoms with Crippen LogP contribution in [0.25, 0.3) is 0 Å². The molecule has 0 spiro atoms. The summed E-state index contributed by atoms with van der Waals surface area (Å²) >= 11 is 1.29. The Kier molecular flexibility index (Phi) is 4.81. The summed E-state index contributed by atoms with van der Waals surface area (Å²) in [5.74, 6) is 5.61. The number of sulfone groups is 1. The molecule has 1 aromatic heterocycles. The van der Waals surface area contributed by atoms with Crippen molar-refractivity contribution in [1.29, 1.82) is 0 Å². The normalized spacial score (nSPS) is 17.4. The Labute approximate surface area is 122 Å². The van der Waals surface area contributed by atoms with Gasteiger partial charge in [0.15, 0.2) is 9.84 Å². The molecule has 2 heterocycles. The quantitative estimate of drug-likeness (QED) is 0.800. The minimum Gasteiger partial charge on any atom is -0.395 e. The van der Waals surface area contributed by atoms with E-state index in [0.29, 0.717) is 11.3 Å². The average Bonchev–Trinajstić information content (AvgIpc) is 2.87. The second-order valence-electron chi connectivity index (χ2n) is 4.38. The van der Waals surface area contributed by atoms with E-state index in [9.17, 15) is 13.2 Å². The minimum atomic E-state index is -2.98. The monoisotopic (exact) mass is 313 g/mol. The highest BCUT2D eigenvalue weighted by molar-refractivity contribution is 7.91. The molecule has 0 radical (unpaired) electrons. The second kappa shape index (κ2) is 6.39. The number of carbonyl (C=O) groups is 1. The number of carbonyl (C=O) groups excluding carboxylic acids is 1. The van der Waals surface area contributed by atoms with Gasteiger partial charge in [-0.2, -0.15) is 0 Å². The van der Waals surface area contributed by atoms with E-state index in [1.54, 1.807) is 17.0 Å². The predicted octanol–water partition coefficient (Wildman–Crippen LogP) is 0.353. The molecular weight excluding hydrogens is 298 g/mol. The van der Waals surface area contributed by atoms with Crippen molar-refractivity contribution in [2.75, 3.05) is 31.2 Å². The summed E-state index contributed by atoms with van der Waals surface area (Å²) in [7, 11) is -2.98. The summed E-state index contributed by atoms with van der Waals surface area (Å²) in [5.41, 5.74) is 0. The van der Waals surface area contributed by atoms with E-state index in [2.05, 4.69) is 11.8 Å². The largest absolute Gasteiger partial charge is 0.395 e. The Bertz CT molecular complexity index is 637. The Morgan fingerprint density at radius 1 is 1.35 bits per heavy atom. The van der Waals surface area contributed by atoms with Crippen LogP contribution in [0.4, 0.5) is 0 Å². The summed E-state index contributed by atoms with van der Waals surface area (Å²) in [4.78, 5) is 15.1. The molecule has 1 aliphatic heterocycles. The molecule has 0 aromatic carbocycles. The molecule has 1 saturated heterocycles. The van der Waals surface area contributed by atoms with E-state index in [1.165, 1.54) is 11.3 Å². The van der Waals surface area contributed by atoms with E-state index >= 15 is 0 Å². The highest BCUT2D eigenvalue weighted by Gasteiger charge is 2.26. The fraction of sp³-hybridized carbons (Fsp3) is 0.462. The van der Waals surface area contributed by atoms with Crippen molar-refractivity contribution in [1.82, 2.24) is 4.90 Å². The zero-order chi connectivity index (χ0) is 14.6. The van der Waals surface area contributed by atoms with Crippen LogP contribution in [0.3, 0.4) is 0 Å². The topological polar surface area (TPSA) is 74.7 Å². The van der Waals surface area contributed by atoms with Gasteiger partial charge in [-0.25, -0.2) is 8.42 Å². The summed E-state index contributed by atoms with van der Waals surface area (Å²) in [6.45, 7) is 0.529. The number of aliphatic hydroxyl groups excluding tert-OH is 1. The first kappa shape index (κ1) is 15.0. The molecule has 1 aliphatic rings. The van der Waals surface area contributed by atoms with Crippen molar-refractivity contribution in [2.24, 2.45) is 0 Å². The lowest BCUT2D eigenvalue weighted by atomic mass is 10.3. The molecule has 0 unspecified atom stereocenters. The molecular formula is C13H15NO4S2. The van der Waals surface area contributed by atoms with Crippen LogP contribution < -0.4 is 0 Å². The SMILES string of the molecule is O=C(c1ccc(C#CCCO)s1)N1CCS(=O)(=O)CC1. The number of amides is 1. The van der Waals surface area contributed by atoms with Crippen molar-refractivity contribution in [3.8, 4) is 11.8 Å². The number of aliphatic hydroxyl groups is 1. The van der Waals surface area contributed by atoms with E-state index < -0.39 is 9.84 Å². The predicted molar refractivity (Wildman–Crippen MR) is 77.5 cm³/mol. The van der Waals surface area contributed by atoms with Gasteiger partial charge < -0.3 is 10.0 Å². The average molecular weight is 313 g/mol. The Morgan fingerprint density at radius 3 is 2.70 bits per heavy atom. The maximum absolute atomic E-state index is 12.2. The molecule has 2 rings (SSSR count). The number of nitrogens with zero attached hydrogens (tertiary/aromatic N) is 1. The number of rotatable bonds is 2. The van der Waals surface area contributed by atoms with Crippen molar-refractivity contribution in [2.45, 2.75) is 6.42 Å². The van der Waals surface area contributed by atoms with Crippen LogP contribution in [0.2, 0.25) is 0 Å². The van der Waals surface area contributed by atoms with Gasteiger partial charge in [-0.05, 0) is 12.1 Å². The van der Waals surface area contributed by atoms with Gasteiger partial charge in [0.25, 0.3) is 5.91 Å². The van der Waals surface area contributed by atoms with E-state index in [1.807, 2.05) is 0 Å². The first-order chi connectivity index (χ1) is 9.52. The molecule has 1 aromatic rings. The van der Waals surface area contributed by atoms with Crippen molar-refractivity contribution >= 4 is 27.1 Å². The molecule has 1 N–H and O–H groups in total. The lowest BCUT2D eigenvalue weighted by Gasteiger charge is -2.26. The van der Waals surface area contributed by atoms with Gasteiger partial charge in [0.05, 0.1) is 27.9 Å². The summed E-state index contributed by atoms with van der Waals surface area (Å²) in [6.07, 6.45) is 0.408. The first-order valence-corrected chi connectivity index (χ1v) is 8.85. The standard InChI is InChI=1S/C13H15NO4S2/c15-8-2-1-3-11-4-5-12(19-11)13(16)14-6-9-20(17,18)10-7-14/h4-5,15H,2,6-10H2. The van der Waals surface area contributed by atoms with E-state index in [0.717, 1.165) is 4.88 Å². The molecule has 20 heavy (non-hydrogen) atoms. The Balaban J connectivity index is 2.02.